The Hall–Kier alpha value is -1.26. The lowest BCUT2D eigenvalue weighted by Gasteiger charge is -2.20. The summed E-state index contributed by atoms with van der Waals surface area (Å²) < 4.78 is 7.30. The molecule has 0 spiro atoms. The number of furan rings is 1. The van der Waals surface area contributed by atoms with Gasteiger partial charge < -0.3 is 9.73 Å². The van der Waals surface area contributed by atoms with Crippen molar-refractivity contribution < 1.29 is 4.42 Å². The van der Waals surface area contributed by atoms with E-state index < -0.39 is 0 Å². The molecule has 0 atom stereocenters. The Balaban J connectivity index is 2.03. The van der Waals surface area contributed by atoms with E-state index in [4.69, 9.17) is 16.0 Å². The first-order chi connectivity index (χ1) is 8.44. The van der Waals surface area contributed by atoms with Gasteiger partial charge in [-0.2, -0.15) is 5.10 Å². The van der Waals surface area contributed by atoms with Crippen LogP contribution in [0.2, 0.25) is 5.02 Å². The van der Waals surface area contributed by atoms with Crippen molar-refractivity contribution >= 4 is 11.6 Å². The molecule has 0 amide bonds. The molecule has 0 fully saturated rings. The van der Waals surface area contributed by atoms with Gasteiger partial charge in [-0.1, -0.05) is 11.6 Å². The van der Waals surface area contributed by atoms with Crippen LogP contribution < -0.4 is 5.32 Å². The fraction of sp³-hybridized carbons (Fsp3) is 0.462. The lowest BCUT2D eigenvalue weighted by atomic mass is 10.1. The molecule has 0 aliphatic carbocycles. The predicted octanol–water partition coefficient (Wildman–Crippen LogP) is 3.07. The van der Waals surface area contributed by atoms with Crippen molar-refractivity contribution in [2.45, 2.75) is 39.4 Å². The minimum atomic E-state index is 0.0685. The van der Waals surface area contributed by atoms with Crippen LogP contribution in [-0.4, -0.2) is 15.3 Å². The molecular formula is C13H18ClN3O. The first kappa shape index (κ1) is 13.2. The summed E-state index contributed by atoms with van der Waals surface area (Å²) in [6.07, 6.45) is 5.14. The Bertz CT molecular complexity index is 510. The van der Waals surface area contributed by atoms with Crippen LogP contribution in [0.5, 0.6) is 0 Å². The molecule has 5 heteroatoms. The summed E-state index contributed by atoms with van der Waals surface area (Å²) in [6.45, 7) is 7.76. The third-order valence-electron chi connectivity index (χ3n) is 2.55. The Morgan fingerprint density at radius 3 is 2.83 bits per heavy atom. The molecular weight excluding hydrogens is 250 g/mol. The van der Waals surface area contributed by atoms with Crippen molar-refractivity contribution in [2.75, 3.05) is 0 Å². The lowest BCUT2D eigenvalue weighted by molar-refractivity contribution is 0.385. The van der Waals surface area contributed by atoms with Crippen molar-refractivity contribution in [3.05, 3.63) is 41.1 Å². The van der Waals surface area contributed by atoms with Crippen molar-refractivity contribution in [3.63, 3.8) is 0 Å². The van der Waals surface area contributed by atoms with Crippen LogP contribution in [0.4, 0.5) is 0 Å². The molecule has 98 valence electrons. The van der Waals surface area contributed by atoms with Crippen LogP contribution >= 0.6 is 11.6 Å². The van der Waals surface area contributed by atoms with Crippen LogP contribution in [0.1, 0.15) is 32.1 Å². The van der Waals surface area contributed by atoms with E-state index in [9.17, 15) is 0 Å². The molecule has 0 bridgehead atoms. The molecule has 2 aromatic heterocycles. The van der Waals surface area contributed by atoms with Gasteiger partial charge in [-0.15, -0.1) is 0 Å². The highest BCUT2D eigenvalue weighted by Gasteiger charge is 2.13. The minimum Gasteiger partial charge on any atom is -0.468 e. The third kappa shape index (κ3) is 3.62. The Kier molecular flexibility index (Phi) is 3.78. The molecule has 0 saturated heterocycles. The van der Waals surface area contributed by atoms with Gasteiger partial charge in [0.15, 0.2) is 0 Å². The molecule has 2 aromatic rings. The molecule has 0 saturated carbocycles. The Labute approximate surface area is 112 Å². The number of hydrogen-bond donors (Lipinski definition) is 1. The topological polar surface area (TPSA) is 43.0 Å². The maximum Gasteiger partial charge on any atom is 0.122 e. The molecule has 0 radical (unpaired) electrons. The van der Waals surface area contributed by atoms with Crippen LogP contribution in [0.15, 0.2) is 29.1 Å². The van der Waals surface area contributed by atoms with E-state index in [0.717, 1.165) is 11.3 Å². The van der Waals surface area contributed by atoms with Gasteiger partial charge in [-0.25, -0.2) is 0 Å². The van der Waals surface area contributed by atoms with Gasteiger partial charge in [0.25, 0.3) is 0 Å². The van der Waals surface area contributed by atoms with Crippen LogP contribution in [-0.2, 0) is 13.1 Å². The first-order valence-electron chi connectivity index (χ1n) is 5.92. The molecule has 0 aromatic carbocycles. The highest BCUT2D eigenvalue weighted by Crippen LogP contribution is 2.14. The fourth-order valence-corrected chi connectivity index (χ4v) is 1.76. The van der Waals surface area contributed by atoms with Gasteiger partial charge in [0.05, 0.1) is 30.6 Å². The normalized spacial score (nSPS) is 12.0. The molecule has 0 aliphatic rings. The van der Waals surface area contributed by atoms with Gasteiger partial charge in [-0.3, -0.25) is 4.68 Å². The number of nitrogens with zero attached hydrogens (tertiary/aromatic N) is 2. The van der Waals surface area contributed by atoms with Gasteiger partial charge >= 0.3 is 0 Å². The van der Waals surface area contributed by atoms with Gasteiger partial charge in [0.2, 0.25) is 0 Å². The van der Waals surface area contributed by atoms with Crippen molar-refractivity contribution in [2.24, 2.45) is 0 Å². The van der Waals surface area contributed by atoms with Crippen molar-refractivity contribution in [1.29, 1.82) is 0 Å². The fourth-order valence-electron chi connectivity index (χ4n) is 1.61. The SMILES string of the molecule is CC(C)(C)NCc1occc1Cn1cc(Cl)cn1. The van der Waals surface area contributed by atoms with Gasteiger partial charge in [0, 0.05) is 17.3 Å². The van der Waals surface area contributed by atoms with E-state index >= 15 is 0 Å². The van der Waals surface area contributed by atoms with E-state index in [1.54, 1.807) is 23.3 Å². The summed E-state index contributed by atoms with van der Waals surface area (Å²) in [5, 5.41) is 8.22. The minimum absolute atomic E-state index is 0.0685. The summed E-state index contributed by atoms with van der Waals surface area (Å²) in [5.41, 5.74) is 1.19. The number of nitrogens with one attached hydrogen (secondary N) is 1. The summed E-state index contributed by atoms with van der Waals surface area (Å²) in [4.78, 5) is 0. The zero-order valence-corrected chi connectivity index (χ0v) is 11.7. The summed E-state index contributed by atoms with van der Waals surface area (Å²) in [5.74, 6) is 0.941. The second kappa shape index (κ2) is 5.16. The molecule has 0 aliphatic heterocycles. The first-order valence-corrected chi connectivity index (χ1v) is 6.30. The highest BCUT2D eigenvalue weighted by atomic mass is 35.5. The standard InChI is InChI=1S/C13H18ClN3O/c1-13(2,3)15-7-12-10(4-5-18-12)8-17-9-11(14)6-16-17/h4-6,9,15H,7-8H2,1-3H3. The van der Waals surface area contributed by atoms with E-state index in [-0.39, 0.29) is 5.54 Å². The summed E-state index contributed by atoms with van der Waals surface area (Å²) >= 11 is 5.84. The highest BCUT2D eigenvalue weighted by molar-refractivity contribution is 6.30. The van der Waals surface area contributed by atoms with Crippen LogP contribution in [0, 0.1) is 0 Å². The largest absolute Gasteiger partial charge is 0.468 e. The number of halogens is 1. The molecule has 4 nitrogen and oxygen atoms in total. The molecule has 1 N–H and O–H groups in total. The lowest BCUT2D eigenvalue weighted by Crippen LogP contribution is -2.35. The summed E-state index contributed by atoms with van der Waals surface area (Å²) in [6, 6.07) is 1.97. The molecule has 18 heavy (non-hydrogen) atoms. The van der Waals surface area contributed by atoms with E-state index in [2.05, 4.69) is 31.2 Å². The molecule has 2 heterocycles. The number of hydrogen-bond acceptors (Lipinski definition) is 3. The van der Waals surface area contributed by atoms with Crippen molar-refractivity contribution in [1.82, 2.24) is 15.1 Å². The monoisotopic (exact) mass is 267 g/mol. The zero-order valence-electron chi connectivity index (χ0n) is 10.9. The maximum absolute atomic E-state index is 5.84. The average molecular weight is 268 g/mol. The second-order valence-electron chi connectivity index (χ2n) is 5.33. The summed E-state index contributed by atoms with van der Waals surface area (Å²) in [7, 11) is 0. The Morgan fingerprint density at radius 1 is 1.44 bits per heavy atom. The smallest absolute Gasteiger partial charge is 0.122 e. The quantitative estimate of drug-likeness (QED) is 0.926. The van der Waals surface area contributed by atoms with Crippen LogP contribution in [0.3, 0.4) is 0 Å². The maximum atomic E-state index is 5.84. The number of rotatable bonds is 4. The van der Waals surface area contributed by atoms with Crippen LogP contribution in [0.25, 0.3) is 0 Å². The zero-order chi connectivity index (χ0) is 13.2. The predicted molar refractivity (Wildman–Crippen MR) is 71.6 cm³/mol. The van der Waals surface area contributed by atoms with Crippen molar-refractivity contribution in [3.8, 4) is 0 Å². The number of aromatic nitrogens is 2. The van der Waals surface area contributed by atoms with E-state index in [1.165, 1.54) is 0 Å². The second-order valence-corrected chi connectivity index (χ2v) is 5.77. The van der Waals surface area contributed by atoms with Gasteiger partial charge in [-0.05, 0) is 26.8 Å². The van der Waals surface area contributed by atoms with E-state index in [1.807, 2.05) is 6.07 Å². The van der Waals surface area contributed by atoms with E-state index in [0.29, 0.717) is 18.1 Å². The third-order valence-corrected chi connectivity index (χ3v) is 2.75. The molecule has 2 rings (SSSR count). The Morgan fingerprint density at radius 2 is 2.22 bits per heavy atom. The van der Waals surface area contributed by atoms with Gasteiger partial charge in [0.1, 0.15) is 5.76 Å². The molecule has 0 unspecified atom stereocenters. The average Bonchev–Trinajstić information content (AvgIpc) is 2.85.